The number of aromatic amines is 1. The topological polar surface area (TPSA) is 73.4 Å². The van der Waals surface area contributed by atoms with Crippen LogP contribution in [-0.4, -0.2) is 37.0 Å². The summed E-state index contributed by atoms with van der Waals surface area (Å²) in [6.45, 7) is -0.201. The Morgan fingerprint density at radius 1 is 1.19 bits per heavy atom. The van der Waals surface area contributed by atoms with Crippen LogP contribution in [0.15, 0.2) is 30.5 Å². The van der Waals surface area contributed by atoms with Crippen molar-refractivity contribution in [2.75, 3.05) is 20.8 Å². The van der Waals surface area contributed by atoms with Crippen LogP contribution in [0.1, 0.15) is 16.8 Å². The third-order valence-electron chi connectivity index (χ3n) is 3.40. The van der Waals surface area contributed by atoms with Gasteiger partial charge in [-0.25, -0.2) is 4.79 Å². The number of H-pyrrole nitrogens is 1. The molecule has 0 saturated heterocycles. The lowest BCUT2D eigenvalue weighted by Crippen LogP contribution is -2.11. The molecule has 140 valence electrons. The first kappa shape index (κ1) is 19.4. The average molecular weight is 370 g/mol. The summed E-state index contributed by atoms with van der Waals surface area (Å²) < 4.78 is 53.2. The number of alkyl halides is 3. The van der Waals surface area contributed by atoms with Gasteiger partial charge < -0.3 is 14.2 Å². The fourth-order valence-corrected chi connectivity index (χ4v) is 2.15. The van der Waals surface area contributed by atoms with Crippen LogP contribution < -0.4 is 9.47 Å². The van der Waals surface area contributed by atoms with Crippen molar-refractivity contribution in [3.05, 3.63) is 47.3 Å². The predicted octanol–water partition coefficient (Wildman–Crippen LogP) is 3.24. The van der Waals surface area contributed by atoms with Crippen molar-refractivity contribution < 1.29 is 32.2 Å². The lowest BCUT2D eigenvalue weighted by atomic mass is 10.2. The van der Waals surface area contributed by atoms with E-state index in [1.165, 1.54) is 26.4 Å². The van der Waals surface area contributed by atoms with Crippen molar-refractivity contribution in [2.45, 2.75) is 12.6 Å². The van der Waals surface area contributed by atoms with E-state index in [2.05, 4.69) is 5.10 Å². The Hall–Kier alpha value is -2.97. The molecule has 0 amide bonds. The first-order valence-electron chi connectivity index (χ1n) is 7.51. The van der Waals surface area contributed by atoms with E-state index in [1.54, 1.807) is 18.2 Å². The van der Waals surface area contributed by atoms with Gasteiger partial charge in [0.15, 0.2) is 0 Å². The quantitative estimate of drug-likeness (QED) is 0.598. The minimum absolute atomic E-state index is 0.0631. The van der Waals surface area contributed by atoms with Crippen LogP contribution in [0.4, 0.5) is 13.2 Å². The van der Waals surface area contributed by atoms with Crippen molar-refractivity contribution in [2.24, 2.45) is 0 Å². The number of carbonyl (C=O) groups excluding carboxylic acids is 1. The summed E-state index contributed by atoms with van der Waals surface area (Å²) in [5, 5.41) is 5.27. The largest absolute Gasteiger partial charge is 0.497 e. The molecule has 0 spiro atoms. The van der Waals surface area contributed by atoms with E-state index < -0.39 is 17.8 Å². The summed E-state index contributed by atoms with van der Waals surface area (Å²) in [4.78, 5) is 11.7. The summed E-state index contributed by atoms with van der Waals surface area (Å²) in [7, 11) is 3.00. The number of rotatable bonds is 7. The molecule has 0 atom stereocenters. The number of esters is 1. The van der Waals surface area contributed by atoms with Gasteiger partial charge in [0.2, 0.25) is 0 Å². The summed E-state index contributed by atoms with van der Waals surface area (Å²) in [6.07, 6.45) is -0.894. The van der Waals surface area contributed by atoms with E-state index in [9.17, 15) is 18.0 Å². The zero-order chi connectivity index (χ0) is 19.2. The minimum atomic E-state index is -4.53. The first-order chi connectivity index (χ1) is 12.3. The second-order valence-electron chi connectivity index (χ2n) is 5.16. The van der Waals surface area contributed by atoms with Crippen LogP contribution in [0.5, 0.6) is 11.5 Å². The van der Waals surface area contributed by atoms with Gasteiger partial charge in [0, 0.05) is 24.1 Å². The molecule has 0 radical (unpaired) electrons. The lowest BCUT2D eigenvalue weighted by Gasteiger charge is -2.07. The van der Waals surface area contributed by atoms with Crippen LogP contribution in [-0.2, 0) is 22.1 Å². The summed E-state index contributed by atoms with van der Waals surface area (Å²) in [5.74, 6) is 0.429. The number of carbonyl (C=O) groups is 1. The SMILES string of the molecule is COc1cc(C=CC(=O)OCCc2cn[nH]c2C(F)(F)F)cc(OC)c1. The molecule has 0 unspecified atom stereocenters. The van der Waals surface area contributed by atoms with Crippen LogP contribution >= 0.6 is 0 Å². The lowest BCUT2D eigenvalue weighted by molar-refractivity contribution is -0.141. The van der Waals surface area contributed by atoms with Crippen molar-refractivity contribution in [3.8, 4) is 11.5 Å². The van der Waals surface area contributed by atoms with Crippen LogP contribution in [0.3, 0.4) is 0 Å². The molecule has 0 fully saturated rings. The highest BCUT2D eigenvalue weighted by Gasteiger charge is 2.35. The number of benzene rings is 1. The molecule has 2 aromatic rings. The second-order valence-corrected chi connectivity index (χ2v) is 5.16. The number of methoxy groups -OCH3 is 2. The highest BCUT2D eigenvalue weighted by atomic mass is 19.4. The normalized spacial score (nSPS) is 11.6. The monoisotopic (exact) mass is 370 g/mol. The molecule has 1 heterocycles. The fraction of sp³-hybridized carbons (Fsp3) is 0.294. The van der Waals surface area contributed by atoms with Gasteiger partial charge in [-0.05, 0) is 23.8 Å². The molecule has 6 nitrogen and oxygen atoms in total. The standard InChI is InChI=1S/C17H17F3N2O4/c1-24-13-7-11(8-14(9-13)25-2)3-4-15(23)26-6-5-12-10-21-22-16(12)17(18,19)20/h3-4,7-10H,5-6H2,1-2H3,(H,21,22). The number of ether oxygens (including phenoxy) is 3. The molecule has 1 aromatic carbocycles. The molecule has 26 heavy (non-hydrogen) atoms. The number of halogens is 3. The molecule has 0 aliphatic rings. The van der Waals surface area contributed by atoms with Gasteiger partial charge in [0.25, 0.3) is 0 Å². The highest BCUT2D eigenvalue weighted by Crippen LogP contribution is 2.30. The Kier molecular flexibility index (Phi) is 6.26. The van der Waals surface area contributed by atoms with E-state index in [-0.39, 0.29) is 18.6 Å². The molecule has 1 N–H and O–H groups in total. The molecular weight excluding hydrogens is 353 g/mol. The Labute approximate surface area is 147 Å². The fourth-order valence-electron chi connectivity index (χ4n) is 2.15. The van der Waals surface area contributed by atoms with Crippen LogP contribution in [0.25, 0.3) is 6.08 Å². The Morgan fingerprint density at radius 3 is 2.42 bits per heavy atom. The van der Waals surface area contributed by atoms with Gasteiger partial charge in [-0.1, -0.05) is 0 Å². The van der Waals surface area contributed by atoms with E-state index in [1.807, 2.05) is 5.10 Å². The average Bonchev–Trinajstić information content (AvgIpc) is 3.08. The second kappa shape index (κ2) is 8.41. The zero-order valence-corrected chi connectivity index (χ0v) is 14.1. The van der Waals surface area contributed by atoms with E-state index in [0.717, 1.165) is 6.20 Å². The molecule has 2 rings (SSSR count). The van der Waals surface area contributed by atoms with Gasteiger partial charge in [0.05, 0.1) is 27.0 Å². The summed E-state index contributed by atoms with van der Waals surface area (Å²) >= 11 is 0. The van der Waals surface area contributed by atoms with E-state index in [0.29, 0.717) is 17.1 Å². The van der Waals surface area contributed by atoms with Gasteiger partial charge in [0.1, 0.15) is 17.2 Å². The van der Waals surface area contributed by atoms with Crippen LogP contribution in [0.2, 0.25) is 0 Å². The van der Waals surface area contributed by atoms with Crippen molar-refractivity contribution >= 4 is 12.0 Å². The number of hydrogen-bond acceptors (Lipinski definition) is 5. The number of nitrogens with zero attached hydrogens (tertiary/aromatic N) is 1. The summed E-state index contributed by atoms with van der Waals surface area (Å²) in [6, 6.07) is 5.06. The van der Waals surface area contributed by atoms with E-state index >= 15 is 0 Å². The number of aromatic nitrogens is 2. The molecule has 0 aliphatic carbocycles. The van der Waals surface area contributed by atoms with Crippen LogP contribution in [0, 0.1) is 0 Å². The smallest absolute Gasteiger partial charge is 0.433 e. The third-order valence-corrected chi connectivity index (χ3v) is 3.40. The molecular formula is C17H17F3N2O4. The van der Waals surface area contributed by atoms with Crippen molar-refractivity contribution in [1.82, 2.24) is 10.2 Å². The number of hydrogen-bond donors (Lipinski definition) is 1. The van der Waals surface area contributed by atoms with Crippen molar-refractivity contribution in [3.63, 3.8) is 0 Å². The van der Waals surface area contributed by atoms with Crippen molar-refractivity contribution in [1.29, 1.82) is 0 Å². The molecule has 0 bridgehead atoms. The zero-order valence-electron chi connectivity index (χ0n) is 14.1. The molecule has 1 aromatic heterocycles. The molecule has 0 aliphatic heterocycles. The Balaban J connectivity index is 1.91. The van der Waals surface area contributed by atoms with E-state index in [4.69, 9.17) is 14.2 Å². The van der Waals surface area contributed by atoms with Gasteiger partial charge in [-0.15, -0.1) is 0 Å². The van der Waals surface area contributed by atoms with Gasteiger partial charge in [-0.3, -0.25) is 5.10 Å². The summed E-state index contributed by atoms with van der Waals surface area (Å²) in [5.41, 5.74) is -0.355. The third kappa shape index (κ3) is 5.27. The number of nitrogens with one attached hydrogen (secondary N) is 1. The maximum absolute atomic E-state index is 12.7. The van der Waals surface area contributed by atoms with Gasteiger partial charge >= 0.3 is 12.1 Å². The Morgan fingerprint density at radius 2 is 1.85 bits per heavy atom. The predicted molar refractivity (Wildman–Crippen MR) is 86.8 cm³/mol. The Bertz CT molecular complexity index is 762. The highest BCUT2D eigenvalue weighted by molar-refractivity contribution is 5.87. The maximum atomic E-state index is 12.7. The van der Waals surface area contributed by atoms with Gasteiger partial charge in [-0.2, -0.15) is 18.3 Å². The molecule has 9 heteroatoms. The first-order valence-corrected chi connectivity index (χ1v) is 7.51. The maximum Gasteiger partial charge on any atom is 0.433 e. The molecule has 0 saturated carbocycles. The minimum Gasteiger partial charge on any atom is -0.497 e.